The fourth-order valence-electron chi connectivity index (χ4n) is 2.72. The van der Waals surface area contributed by atoms with E-state index in [2.05, 4.69) is 19.1 Å². The molecule has 0 bridgehead atoms. The van der Waals surface area contributed by atoms with Crippen LogP contribution >= 0.6 is 0 Å². The third-order valence-electron chi connectivity index (χ3n) is 4.32. The number of allylic oxidation sites excluding steroid dienone is 2. The maximum absolute atomic E-state index is 9.11. The third-order valence-corrected chi connectivity index (χ3v) is 4.32. The van der Waals surface area contributed by atoms with Crippen molar-refractivity contribution >= 4 is 0 Å². The third kappa shape index (κ3) is 19.7. The summed E-state index contributed by atoms with van der Waals surface area (Å²) in [6, 6.07) is 0. The molecule has 0 saturated carbocycles. The lowest BCUT2D eigenvalue weighted by atomic mass is 10.1. The van der Waals surface area contributed by atoms with Gasteiger partial charge < -0.3 is 14.9 Å². The van der Waals surface area contributed by atoms with E-state index in [4.69, 9.17) is 14.9 Å². The van der Waals surface area contributed by atoms with Crippen LogP contribution in [0.4, 0.5) is 0 Å². The summed E-state index contributed by atoms with van der Waals surface area (Å²) in [6.45, 7) is 3.00. The molecule has 0 saturated heterocycles. The highest BCUT2D eigenvalue weighted by atomic mass is 16.5. The van der Waals surface area contributed by atoms with Crippen LogP contribution in [-0.4, -0.2) is 36.1 Å². The summed E-state index contributed by atoms with van der Waals surface area (Å²) in [4.78, 5) is 0. The molecule has 0 aromatic heterocycles. The topological polar surface area (TPSA) is 49.7 Å². The van der Waals surface area contributed by atoms with E-state index in [0.29, 0.717) is 6.61 Å². The van der Waals surface area contributed by atoms with Crippen molar-refractivity contribution in [3.05, 3.63) is 12.2 Å². The maximum Gasteiger partial charge on any atom is 0.100 e. The van der Waals surface area contributed by atoms with E-state index >= 15 is 0 Å². The second kappa shape index (κ2) is 20.7. The average molecular weight is 343 g/mol. The lowest BCUT2D eigenvalue weighted by molar-refractivity contribution is 0.00526. The molecular formula is C21H42O3. The number of aliphatic hydroxyl groups is 2. The Morgan fingerprint density at radius 3 is 1.79 bits per heavy atom. The molecule has 0 aliphatic carbocycles. The zero-order chi connectivity index (χ0) is 17.7. The Bertz CT molecular complexity index is 253. The van der Waals surface area contributed by atoms with Gasteiger partial charge in [0.05, 0.1) is 13.2 Å². The van der Waals surface area contributed by atoms with E-state index in [1.54, 1.807) is 0 Å². The smallest absolute Gasteiger partial charge is 0.100 e. The Balaban J connectivity index is 3.06. The number of ether oxygens (including phenoxy) is 1. The molecule has 0 aromatic rings. The molecule has 24 heavy (non-hydrogen) atoms. The van der Waals surface area contributed by atoms with Crippen molar-refractivity contribution in [2.75, 3.05) is 19.8 Å². The van der Waals surface area contributed by atoms with Gasteiger partial charge in [-0.1, -0.05) is 76.9 Å². The van der Waals surface area contributed by atoms with Crippen LogP contribution in [0.25, 0.3) is 0 Å². The molecule has 2 N–H and O–H groups in total. The van der Waals surface area contributed by atoms with Gasteiger partial charge in [-0.2, -0.15) is 0 Å². The first-order chi connectivity index (χ1) is 11.8. The van der Waals surface area contributed by atoms with E-state index < -0.39 is 6.10 Å². The summed E-state index contributed by atoms with van der Waals surface area (Å²) in [5, 5.41) is 17.8. The first kappa shape index (κ1) is 23.6. The Morgan fingerprint density at radius 1 is 0.750 bits per heavy atom. The SMILES string of the molecule is CCCCCC/C=C\CCCCCCCCCCOCC(O)CO. The van der Waals surface area contributed by atoms with E-state index in [0.717, 1.165) is 6.42 Å². The largest absolute Gasteiger partial charge is 0.394 e. The molecule has 0 spiro atoms. The van der Waals surface area contributed by atoms with Gasteiger partial charge in [-0.25, -0.2) is 0 Å². The van der Waals surface area contributed by atoms with Gasteiger partial charge in [0, 0.05) is 6.61 Å². The van der Waals surface area contributed by atoms with E-state index in [1.807, 2.05) is 0 Å². The molecule has 0 amide bonds. The van der Waals surface area contributed by atoms with Crippen molar-refractivity contribution in [1.82, 2.24) is 0 Å². The van der Waals surface area contributed by atoms with Crippen LogP contribution in [0.5, 0.6) is 0 Å². The first-order valence-electron chi connectivity index (χ1n) is 10.3. The zero-order valence-electron chi connectivity index (χ0n) is 16.1. The minimum atomic E-state index is -0.721. The van der Waals surface area contributed by atoms with Crippen LogP contribution in [-0.2, 0) is 4.74 Å². The normalized spacial score (nSPS) is 13.0. The molecule has 0 aliphatic heterocycles. The Morgan fingerprint density at radius 2 is 1.25 bits per heavy atom. The maximum atomic E-state index is 9.11. The fraction of sp³-hybridized carbons (Fsp3) is 0.905. The van der Waals surface area contributed by atoms with Crippen LogP contribution < -0.4 is 0 Å². The van der Waals surface area contributed by atoms with Crippen LogP contribution in [0.15, 0.2) is 12.2 Å². The summed E-state index contributed by atoms with van der Waals surface area (Å²) < 4.78 is 5.29. The Kier molecular flexibility index (Phi) is 20.3. The molecule has 0 heterocycles. The molecule has 144 valence electrons. The van der Waals surface area contributed by atoms with Gasteiger partial charge in [0.1, 0.15) is 6.10 Å². The second-order valence-corrected chi connectivity index (χ2v) is 6.85. The highest BCUT2D eigenvalue weighted by molar-refractivity contribution is 4.81. The van der Waals surface area contributed by atoms with Gasteiger partial charge >= 0.3 is 0 Å². The van der Waals surface area contributed by atoms with Crippen molar-refractivity contribution < 1.29 is 14.9 Å². The number of hydrogen-bond donors (Lipinski definition) is 2. The predicted molar refractivity (Wildman–Crippen MR) is 103 cm³/mol. The number of unbranched alkanes of at least 4 members (excludes halogenated alkanes) is 12. The summed E-state index contributed by atoms with van der Waals surface area (Å²) in [5.74, 6) is 0. The van der Waals surface area contributed by atoms with Crippen LogP contribution in [0, 0.1) is 0 Å². The molecule has 0 radical (unpaired) electrons. The molecule has 0 fully saturated rings. The van der Waals surface area contributed by atoms with Gasteiger partial charge in [-0.15, -0.1) is 0 Å². The standard InChI is InChI=1S/C21H42O3/c1-2-3-4-5-6-7-8-9-10-11-12-13-14-15-16-17-18-24-20-21(23)19-22/h7-8,21-23H,2-6,9-20H2,1H3/b8-7-. The van der Waals surface area contributed by atoms with Gasteiger partial charge in [0.25, 0.3) is 0 Å². The van der Waals surface area contributed by atoms with Crippen molar-refractivity contribution in [3.63, 3.8) is 0 Å². The fourth-order valence-corrected chi connectivity index (χ4v) is 2.72. The monoisotopic (exact) mass is 342 g/mol. The molecule has 0 aromatic carbocycles. The number of aliphatic hydroxyl groups excluding tert-OH is 2. The van der Waals surface area contributed by atoms with E-state index in [1.165, 1.54) is 83.5 Å². The Hall–Kier alpha value is -0.380. The first-order valence-corrected chi connectivity index (χ1v) is 10.3. The summed E-state index contributed by atoms with van der Waals surface area (Å²) >= 11 is 0. The average Bonchev–Trinajstić information content (AvgIpc) is 2.60. The number of rotatable bonds is 19. The van der Waals surface area contributed by atoms with Crippen LogP contribution in [0.1, 0.15) is 96.8 Å². The second-order valence-electron chi connectivity index (χ2n) is 6.85. The highest BCUT2D eigenvalue weighted by Gasteiger charge is 2.00. The van der Waals surface area contributed by atoms with E-state index in [9.17, 15) is 0 Å². The lowest BCUT2D eigenvalue weighted by Crippen LogP contribution is -2.19. The number of hydrogen-bond acceptors (Lipinski definition) is 3. The molecule has 3 heteroatoms. The van der Waals surface area contributed by atoms with E-state index in [-0.39, 0.29) is 13.2 Å². The van der Waals surface area contributed by atoms with Crippen molar-refractivity contribution in [2.45, 2.75) is 103 Å². The molecule has 1 unspecified atom stereocenters. The minimum absolute atomic E-state index is 0.214. The van der Waals surface area contributed by atoms with Crippen molar-refractivity contribution in [1.29, 1.82) is 0 Å². The van der Waals surface area contributed by atoms with Crippen molar-refractivity contribution in [3.8, 4) is 0 Å². The minimum Gasteiger partial charge on any atom is -0.394 e. The zero-order valence-corrected chi connectivity index (χ0v) is 16.1. The molecule has 0 aliphatic rings. The Labute approximate surface area is 150 Å². The molecular weight excluding hydrogens is 300 g/mol. The summed E-state index contributed by atoms with van der Waals surface area (Å²) in [5.41, 5.74) is 0. The van der Waals surface area contributed by atoms with Gasteiger partial charge in [0.15, 0.2) is 0 Å². The van der Waals surface area contributed by atoms with Crippen LogP contribution in [0.3, 0.4) is 0 Å². The van der Waals surface area contributed by atoms with Crippen LogP contribution in [0.2, 0.25) is 0 Å². The predicted octanol–water partition coefficient (Wildman–Crippen LogP) is 5.39. The molecule has 1 atom stereocenters. The van der Waals surface area contributed by atoms with Gasteiger partial charge in [-0.3, -0.25) is 0 Å². The van der Waals surface area contributed by atoms with Gasteiger partial charge in [0.2, 0.25) is 0 Å². The summed E-state index contributed by atoms with van der Waals surface area (Å²) in [6.07, 6.45) is 22.3. The highest BCUT2D eigenvalue weighted by Crippen LogP contribution is 2.10. The van der Waals surface area contributed by atoms with Crippen molar-refractivity contribution in [2.24, 2.45) is 0 Å². The molecule has 3 nitrogen and oxygen atoms in total. The lowest BCUT2D eigenvalue weighted by Gasteiger charge is -2.07. The summed E-state index contributed by atoms with van der Waals surface area (Å²) in [7, 11) is 0. The molecule has 0 rings (SSSR count). The van der Waals surface area contributed by atoms with Gasteiger partial charge in [-0.05, 0) is 32.1 Å². The quantitative estimate of drug-likeness (QED) is 0.244.